The van der Waals surface area contributed by atoms with Crippen molar-refractivity contribution >= 4 is 27.7 Å². The average molecular weight is 314 g/mol. The monoisotopic (exact) mass is 313 g/mol. The molecular weight excluding hydrogens is 294 g/mol. The van der Waals surface area contributed by atoms with Crippen LogP contribution in [0.15, 0.2) is 10.7 Å². The Hall–Kier alpha value is -0.880. The molecule has 0 saturated heterocycles. The molecule has 1 aromatic rings. The number of halogens is 1. The SMILES string of the molecule is CC1(CNc2nc(NN)ncc2Br)CCCCC1. The summed E-state index contributed by atoms with van der Waals surface area (Å²) in [7, 11) is 0. The lowest BCUT2D eigenvalue weighted by molar-refractivity contribution is 0.233. The molecule has 0 radical (unpaired) electrons. The fourth-order valence-corrected chi connectivity index (χ4v) is 2.77. The average Bonchev–Trinajstić information content (AvgIpc) is 2.39. The van der Waals surface area contributed by atoms with Crippen LogP contribution in [-0.4, -0.2) is 16.5 Å². The zero-order chi connectivity index (χ0) is 13.0. The lowest BCUT2D eigenvalue weighted by Crippen LogP contribution is -2.29. The standard InChI is InChI=1S/C12H20BrN5/c1-12(5-3-2-4-6-12)8-16-10-9(13)7-15-11(17-10)18-14/h7H,2-6,8,14H2,1H3,(H2,15,16,17,18). The smallest absolute Gasteiger partial charge is 0.239 e. The van der Waals surface area contributed by atoms with Crippen molar-refractivity contribution in [3.63, 3.8) is 0 Å². The van der Waals surface area contributed by atoms with Gasteiger partial charge in [-0.3, -0.25) is 5.43 Å². The first kappa shape index (κ1) is 13.5. The van der Waals surface area contributed by atoms with E-state index in [1.807, 2.05) is 0 Å². The van der Waals surface area contributed by atoms with Crippen LogP contribution in [-0.2, 0) is 0 Å². The molecule has 4 N–H and O–H groups in total. The van der Waals surface area contributed by atoms with Gasteiger partial charge >= 0.3 is 0 Å². The van der Waals surface area contributed by atoms with Gasteiger partial charge in [0, 0.05) is 12.7 Å². The van der Waals surface area contributed by atoms with Crippen LogP contribution in [0.25, 0.3) is 0 Å². The van der Waals surface area contributed by atoms with Gasteiger partial charge in [0.15, 0.2) is 0 Å². The summed E-state index contributed by atoms with van der Waals surface area (Å²) < 4.78 is 0.862. The molecule has 0 amide bonds. The van der Waals surface area contributed by atoms with Crippen molar-refractivity contribution in [1.82, 2.24) is 9.97 Å². The molecule has 18 heavy (non-hydrogen) atoms. The Labute approximate surface area is 116 Å². The van der Waals surface area contributed by atoms with E-state index in [-0.39, 0.29) is 0 Å². The summed E-state index contributed by atoms with van der Waals surface area (Å²) in [4.78, 5) is 8.34. The van der Waals surface area contributed by atoms with E-state index in [0.717, 1.165) is 16.8 Å². The molecule has 2 rings (SSSR count). The van der Waals surface area contributed by atoms with E-state index in [1.165, 1.54) is 32.1 Å². The second kappa shape index (κ2) is 5.84. The van der Waals surface area contributed by atoms with Crippen LogP contribution in [0.3, 0.4) is 0 Å². The second-order valence-corrected chi connectivity index (χ2v) is 6.11. The van der Waals surface area contributed by atoms with Crippen molar-refractivity contribution in [1.29, 1.82) is 0 Å². The number of nitrogen functional groups attached to an aromatic ring is 1. The highest BCUT2D eigenvalue weighted by molar-refractivity contribution is 9.10. The predicted octanol–water partition coefficient (Wildman–Crippen LogP) is 2.91. The molecule has 1 aliphatic rings. The third kappa shape index (κ3) is 3.32. The zero-order valence-electron chi connectivity index (χ0n) is 10.7. The summed E-state index contributed by atoms with van der Waals surface area (Å²) >= 11 is 3.45. The first-order chi connectivity index (χ1) is 8.63. The Kier molecular flexibility index (Phi) is 4.40. The maximum atomic E-state index is 5.32. The highest BCUT2D eigenvalue weighted by Gasteiger charge is 2.26. The summed E-state index contributed by atoms with van der Waals surface area (Å²) in [5.41, 5.74) is 2.83. The first-order valence-corrected chi connectivity index (χ1v) is 7.15. The van der Waals surface area contributed by atoms with Crippen LogP contribution in [0.2, 0.25) is 0 Å². The van der Waals surface area contributed by atoms with E-state index in [2.05, 4.69) is 43.6 Å². The minimum atomic E-state index is 0.374. The van der Waals surface area contributed by atoms with Gasteiger partial charge in [-0.1, -0.05) is 26.2 Å². The van der Waals surface area contributed by atoms with Crippen molar-refractivity contribution in [2.45, 2.75) is 39.0 Å². The van der Waals surface area contributed by atoms with E-state index in [0.29, 0.717) is 11.4 Å². The number of anilines is 2. The van der Waals surface area contributed by atoms with E-state index < -0.39 is 0 Å². The van der Waals surface area contributed by atoms with Gasteiger partial charge in [-0.25, -0.2) is 10.8 Å². The summed E-state index contributed by atoms with van der Waals surface area (Å²) in [6.45, 7) is 3.28. The van der Waals surface area contributed by atoms with Gasteiger partial charge in [0.2, 0.25) is 5.95 Å². The Morgan fingerprint density at radius 1 is 1.39 bits per heavy atom. The molecule has 0 unspecified atom stereocenters. The maximum Gasteiger partial charge on any atom is 0.239 e. The Bertz CT molecular complexity index is 403. The first-order valence-electron chi connectivity index (χ1n) is 6.36. The molecule has 1 saturated carbocycles. The normalized spacial score (nSPS) is 18.4. The van der Waals surface area contributed by atoms with Crippen molar-refractivity contribution in [2.24, 2.45) is 11.3 Å². The van der Waals surface area contributed by atoms with E-state index in [4.69, 9.17) is 5.84 Å². The molecule has 1 aliphatic carbocycles. The molecule has 0 aliphatic heterocycles. The third-order valence-electron chi connectivity index (χ3n) is 3.62. The van der Waals surface area contributed by atoms with Gasteiger partial charge in [-0.2, -0.15) is 4.98 Å². The van der Waals surface area contributed by atoms with Crippen molar-refractivity contribution in [2.75, 3.05) is 17.3 Å². The maximum absolute atomic E-state index is 5.32. The lowest BCUT2D eigenvalue weighted by atomic mass is 9.76. The largest absolute Gasteiger partial charge is 0.368 e. The van der Waals surface area contributed by atoms with E-state index >= 15 is 0 Å². The fourth-order valence-electron chi connectivity index (χ4n) is 2.44. The summed E-state index contributed by atoms with van der Waals surface area (Å²) in [6, 6.07) is 0. The van der Waals surface area contributed by atoms with Crippen LogP contribution in [0.1, 0.15) is 39.0 Å². The topological polar surface area (TPSA) is 75.9 Å². The van der Waals surface area contributed by atoms with Crippen LogP contribution >= 0.6 is 15.9 Å². The molecule has 6 heteroatoms. The molecule has 1 heterocycles. The molecule has 5 nitrogen and oxygen atoms in total. The number of nitrogens with zero attached hydrogens (tertiary/aromatic N) is 2. The molecule has 1 fully saturated rings. The van der Waals surface area contributed by atoms with Gasteiger partial charge in [-0.15, -0.1) is 0 Å². The van der Waals surface area contributed by atoms with E-state index in [1.54, 1.807) is 6.20 Å². The summed E-state index contributed by atoms with van der Waals surface area (Å²) in [6.07, 6.45) is 8.30. The molecule has 1 aromatic heterocycles. The second-order valence-electron chi connectivity index (χ2n) is 5.26. The highest BCUT2D eigenvalue weighted by atomic mass is 79.9. The minimum absolute atomic E-state index is 0.374. The molecular formula is C12H20BrN5. The number of rotatable bonds is 4. The number of nitrogens with one attached hydrogen (secondary N) is 2. The van der Waals surface area contributed by atoms with Crippen molar-refractivity contribution in [3.8, 4) is 0 Å². The van der Waals surface area contributed by atoms with Crippen molar-refractivity contribution < 1.29 is 0 Å². The van der Waals surface area contributed by atoms with Gasteiger partial charge in [-0.05, 0) is 34.2 Å². The van der Waals surface area contributed by atoms with Gasteiger partial charge < -0.3 is 5.32 Å². The van der Waals surface area contributed by atoms with Crippen LogP contribution in [0, 0.1) is 5.41 Å². The zero-order valence-corrected chi connectivity index (χ0v) is 12.3. The van der Waals surface area contributed by atoms with Crippen LogP contribution in [0.5, 0.6) is 0 Å². The van der Waals surface area contributed by atoms with Gasteiger partial charge in [0.05, 0.1) is 4.47 Å². The number of hydrogen-bond donors (Lipinski definition) is 3. The van der Waals surface area contributed by atoms with Gasteiger partial charge in [0.1, 0.15) is 5.82 Å². The fraction of sp³-hybridized carbons (Fsp3) is 0.667. The van der Waals surface area contributed by atoms with Gasteiger partial charge in [0.25, 0.3) is 0 Å². The summed E-state index contributed by atoms with van der Waals surface area (Å²) in [5, 5.41) is 3.40. The number of aromatic nitrogens is 2. The molecule has 0 atom stereocenters. The molecule has 0 spiro atoms. The Morgan fingerprint density at radius 3 is 2.78 bits per heavy atom. The highest BCUT2D eigenvalue weighted by Crippen LogP contribution is 2.36. The lowest BCUT2D eigenvalue weighted by Gasteiger charge is -2.33. The van der Waals surface area contributed by atoms with Crippen LogP contribution < -0.4 is 16.6 Å². The number of nitrogens with two attached hydrogens (primary N) is 1. The number of hydrazine groups is 1. The molecule has 0 bridgehead atoms. The molecule has 0 aromatic carbocycles. The quantitative estimate of drug-likeness (QED) is 0.588. The molecule has 100 valence electrons. The number of hydrogen-bond acceptors (Lipinski definition) is 5. The predicted molar refractivity (Wildman–Crippen MR) is 77.2 cm³/mol. The van der Waals surface area contributed by atoms with Crippen LogP contribution in [0.4, 0.5) is 11.8 Å². The third-order valence-corrected chi connectivity index (χ3v) is 4.20. The van der Waals surface area contributed by atoms with Crippen molar-refractivity contribution in [3.05, 3.63) is 10.7 Å². The summed E-state index contributed by atoms with van der Waals surface area (Å²) in [5.74, 6) is 6.54. The Morgan fingerprint density at radius 2 is 2.11 bits per heavy atom. The van der Waals surface area contributed by atoms with E-state index in [9.17, 15) is 0 Å². The Balaban J connectivity index is 2.00. The minimum Gasteiger partial charge on any atom is -0.368 e.